The zero-order chi connectivity index (χ0) is 26.7. The van der Waals surface area contributed by atoms with Gasteiger partial charge in [0.1, 0.15) is 0 Å². The van der Waals surface area contributed by atoms with Gasteiger partial charge in [-0.15, -0.1) is 0 Å². The molecule has 0 heterocycles. The molecule has 33 heavy (non-hydrogen) atoms. The maximum Gasteiger partial charge on any atom is 3.00 e. The molecule has 0 N–H and O–H groups in total. The Morgan fingerprint density at radius 3 is 0.455 bits per heavy atom. The molecule has 0 saturated heterocycles. The third kappa shape index (κ3) is 89.7. The van der Waals surface area contributed by atoms with Gasteiger partial charge >= 0.3 is 24.4 Å². The van der Waals surface area contributed by atoms with E-state index < -0.39 is 69.9 Å². The van der Waals surface area contributed by atoms with E-state index in [0.717, 1.165) is 0 Å². The van der Waals surface area contributed by atoms with Crippen molar-refractivity contribution in [2.24, 2.45) is 0 Å². The molecular weight excluding hydrogens is 618 g/mol. The van der Waals surface area contributed by atoms with Crippen LogP contribution in [0.25, 0.3) is 0 Å². The van der Waals surface area contributed by atoms with Crippen molar-refractivity contribution in [2.45, 2.75) is 0 Å². The van der Waals surface area contributed by atoms with Gasteiger partial charge in [-0.3, -0.25) is 12.9 Å². The first-order chi connectivity index (χ1) is 12.9. The van der Waals surface area contributed by atoms with Gasteiger partial charge in [0.2, 0.25) is 62.4 Å². The first kappa shape index (κ1) is 45.8. The summed E-state index contributed by atoms with van der Waals surface area (Å²) in [6, 6.07) is 0. The fraction of sp³-hybridized carbons (Fsp3) is 0. The van der Waals surface area contributed by atoms with E-state index in [-0.39, 0.29) is 16.8 Å². The molecular formula is B3F3O21S6. The summed E-state index contributed by atoms with van der Waals surface area (Å²) in [4.78, 5) is 0. The molecule has 0 aromatic rings. The van der Waals surface area contributed by atoms with E-state index in [1.54, 1.807) is 0 Å². The predicted molar refractivity (Wildman–Crippen MR) is 82.0 cm³/mol. The smallest absolute Gasteiger partial charge is 0.725 e. The molecule has 192 valence electrons. The number of rotatable bonds is 6. The summed E-state index contributed by atoms with van der Waals surface area (Å²) in [7, 11) is -36.3. The van der Waals surface area contributed by atoms with Gasteiger partial charge in [-0.1, -0.05) is 0 Å². The molecule has 33 heteroatoms. The molecule has 0 aromatic heterocycles. The Morgan fingerprint density at radius 1 is 0.394 bits per heavy atom. The van der Waals surface area contributed by atoms with Crippen molar-refractivity contribution < 1.29 is 102 Å². The van der Waals surface area contributed by atoms with E-state index in [9.17, 15) is 90.8 Å². The van der Waals surface area contributed by atoms with Crippen molar-refractivity contribution in [3.8, 4) is 0 Å². The van der Waals surface area contributed by atoms with Crippen molar-refractivity contribution in [1.82, 2.24) is 0 Å². The Labute approximate surface area is 188 Å². The summed E-state index contributed by atoms with van der Waals surface area (Å²) in [6.45, 7) is 0. The summed E-state index contributed by atoms with van der Waals surface area (Å²) in [5.74, 6) is 0. The van der Waals surface area contributed by atoms with Crippen molar-refractivity contribution in [2.75, 3.05) is 0 Å². The van der Waals surface area contributed by atoms with Crippen LogP contribution in [0.1, 0.15) is 0 Å². The largest absolute Gasteiger partial charge is 3.00 e. The van der Waals surface area contributed by atoms with Gasteiger partial charge in [0.25, 0.3) is 0 Å². The minimum Gasteiger partial charge on any atom is -0.725 e. The van der Waals surface area contributed by atoms with Gasteiger partial charge in [-0.05, 0) is 0 Å². The molecule has 0 amide bonds. The molecule has 0 aromatic carbocycles. The Hall–Kier alpha value is -0.675. The van der Waals surface area contributed by atoms with Crippen LogP contribution in [0.3, 0.4) is 0 Å². The van der Waals surface area contributed by atoms with Crippen LogP contribution in [0.15, 0.2) is 0 Å². The van der Waals surface area contributed by atoms with E-state index in [0.29, 0.717) is 0 Å². The summed E-state index contributed by atoms with van der Waals surface area (Å²) in [5, 5.41) is 0. The molecule has 0 spiro atoms. The normalized spacial score (nSPS) is 11.9. The zero-order valence-electron chi connectivity index (χ0n) is 13.9. The topological polar surface area (TPSA) is 371 Å². The van der Waals surface area contributed by atoms with Crippen LogP contribution in [0.2, 0.25) is 0 Å². The van der Waals surface area contributed by atoms with Crippen molar-refractivity contribution in [3.63, 3.8) is 0 Å². The van der Waals surface area contributed by atoms with Crippen LogP contribution in [0.5, 0.6) is 0 Å². The zero-order valence-corrected chi connectivity index (χ0v) is 18.8. The maximum absolute atomic E-state index is 9.67. The molecule has 0 radical (unpaired) electrons. The van der Waals surface area contributed by atoms with Gasteiger partial charge in [-0.2, -0.15) is 10.9 Å². The third-order valence-corrected chi connectivity index (χ3v) is 4.50. The minimum atomic E-state index is -5.43. The average molecular weight is 618 g/mol. The summed E-state index contributed by atoms with van der Waals surface area (Å²) in [6.07, 6.45) is 0. The van der Waals surface area contributed by atoms with Gasteiger partial charge in [0.05, 0.1) is 0 Å². The molecule has 0 atom stereocenters. The molecule has 0 fully saturated rings. The summed E-state index contributed by atoms with van der Waals surface area (Å²) >= 11 is 0. The molecule has 0 unspecified atom stereocenters. The fourth-order valence-electron chi connectivity index (χ4n) is 0.306. The second-order valence-electron chi connectivity index (χ2n) is 2.90. The minimum absolute atomic E-state index is 0. The van der Waals surface area contributed by atoms with Crippen LogP contribution in [-0.4, -0.2) is 102 Å². The Morgan fingerprint density at radius 2 is 0.455 bits per heavy atom. The number of hydrogen-bond donors (Lipinski definition) is 0. The molecule has 0 bridgehead atoms. The number of halogens is 3. The molecule has 0 aliphatic heterocycles. The third-order valence-electron chi connectivity index (χ3n) is 0.500. The van der Waals surface area contributed by atoms with Crippen molar-refractivity contribution >= 4 is 86.8 Å². The van der Waals surface area contributed by atoms with Gasteiger partial charge in [-0.25, -0.2) is 50.5 Å². The van der Waals surface area contributed by atoms with E-state index in [1.807, 2.05) is 0 Å². The predicted octanol–water partition coefficient (Wildman–Crippen LogP) is -6.11. The van der Waals surface area contributed by atoms with Crippen LogP contribution in [0, 0.1) is 0 Å². The first-order valence-corrected chi connectivity index (χ1v) is 12.7. The Balaban J connectivity index is -0.0000000745. The van der Waals surface area contributed by atoms with Crippen molar-refractivity contribution in [1.29, 1.82) is 0 Å². The van der Waals surface area contributed by atoms with Crippen LogP contribution in [0.4, 0.5) is 12.9 Å². The van der Waals surface area contributed by atoms with E-state index >= 15 is 0 Å². The SMILES string of the molecule is FB(F)F.O=S(=O)([O-])OS(=O)(=O)[O-].O=S(=O)([O-])OS(=O)(=O)[O-].O=S(=O)([O-])OS(=O)(=O)[O-].[B+3].[B+3]. The molecule has 21 nitrogen and oxygen atoms in total. The Kier molecular flexibility index (Phi) is 23.4. The summed E-state index contributed by atoms with van der Waals surface area (Å²) in [5.41, 5.74) is 0. The van der Waals surface area contributed by atoms with Gasteiger partial charge in [0.15, 0.2) is 0 Å². The molecule has 0 aliphatic rings. The Bertz CT molecular complexity index is 915. The van der Waals surface area contributed by atoms with E-state index in [4.69, 9.17) is 0 Å². The number of hydrogen-bond acceptors (Lipinski definition) is 21. The standard InChI is InChI=1S/BF3.2B.3H2O7S2/c2-1(3)4;;;3*1-8(2,3)7-9(4,5)6/h;;;3*(H,1,2,3)(H,4,5,6)/q;2*+3;;;/p-6. The first-order valence-electron chi connectivity index (χ1n) is 4.65. The van der Waals surface area contributed by atoms with Crippen molar-refractivity contribution in [3.05, 3.63) is 0 Å². The van der Waals surface area contributed by atoms with E-state index in [2.05, 4.69) is 10.9 Å². The molecule has 0 aliphatic carbocycles. The average Bonchev–Trinajstić information content (AvgIpc) is 2.10. The van der Waals surface area contributed by atoms with Crippen LogP contribution >= 0.6 is 0 Å². The fourth-order valence-corrected chi connectivity index (χ4v) is 2.76. The summed E-state index contributed by atoms with van der Waals surface area (Å²) < 4.78 is 204. The monoisotopic (exact) mass is 618 g/mol. The second-order valence-corrected chi connectivity index (χ2v) is 9.43. The quantitative estimate of drug-likeness (QED) is 0.152. The molecule has 0 rings (SSSR count). The van der Waals surface area contributed by atoms with Crippen LogP contribution < -0.4 is 0 Å². The van der Waals surface area contributed by atoms with Crippen LogP contribution in [-0.2, 0) is 73.3 Å². The maximum atomic E-state index is 9.67. The van der Waals surface area contributed by atoms with Gasteiger partial charge in [0, 0.05) is 0 Å². The second kappa shape index (κ2) is 16.9. The van der Waals surface area contributed by atoms with E-state index in [1.165, 1.54) is 0 Å². The molecule has 0 saturated carbocycles. The van der Waals surface area contributed by atoms with Gasteiger partial charge < -0.3 is 27.3 Å².